The second kappa shape index (κ2) is 6.65. The molecule has 0 aliphatic rings. The van der Waals surface area contributed by atoms with Gasteiger partial charge in [0.2, 0.25) is 12.1 Å². The van der Waals surface area contributed by atoms with Gasteiger partial charge in [-0.15, -0.1) is 6.42 Å². The predicted octanol–water partition coefficient (Wildman–Crippen LogP) is 0.0884. The molecule has 0 atom stereocenters. The minimum absolute atomic E-state index is 0.0476. The van der Waals surface area contributed by atoms with E-state index in [1.807, 2.05) is 0 Å². The summed E-state index contributed by atoms with van der Waals surface area (Å²) in [6.45, 7) is -0.150. The molecular weight excluding hydrogens is 238 g/mol. The molecule has 1 amide bonds. The first kappa shape index (κ1) is 13.2. The number of aromatic nitrogens is 1. The first-order valence-electron chi connectivity index (χ1n) is 4.73. The highest BCUT2D eigenvalue weighted by molar-refractivity contribution is 6.41. The smallest absolute Gasteiger partial charge is 0.360 e. The van der Waals surface area contributed by atoms with Gasteiger partial charge >= 0.3 is 5.97 Å². The van der Waals surface area contributed by atoms with Gasteiger partial charge in [0.15, 0.2) is 6.61 Å². The Morgan fingerprint density at radius 2 is 2.44 bits per heavy atom. The Bertz CT molecular complexity index is 519. The molecule has 7 heteroatoms. The normalized spacial score (nSPS) is 10.3. The maximum atomic E-state index is 11.0. The van der Waals surface area contributed by atoms with Gasteiger partial charge in [-0.2, -0.15) is 0 Å². The summed E-state index contributed by atoms with van der Waals surface area (Å²) in [7, 11) is 0. The summed E-state index contributed by atoms with van der Waals surface area (Å²) >= 11 is 0. The standard InChI is InChI=1S/C11H9N3O4/c1-2-6-18-14-10(11(16)17)8-4-3-5-9(13-8)12-7-15/h1,3-5,7H,6H2,(H,16,17)(H,12,13,15)/b14-10-. The first-order valence-corrected chi connectivity index (χ1v) is 4.73. The molecule has 1 rings (SSSR count). The highest BCUT2D eigenvalue weighted by Crippen LogP contribution is 2.06. The monoisotopic (exact) mass is 247 g/mol. The summed E-state index contributed by atoms with van der Waals surface area (Å²) < 4.78 is 0. The number of carbonyl (C=O) groups is 2. The molecule has 0 radical (unpaired) electrons. The summed E-state index contributed by atoms with van der Waals surface area (Å²) in [5, 5.41) is 14.6. The van der Waals surface area contributed by atoms with Crippen molar-refractivity contribution in [3.8, 4) is 12.3 Å². The average Bonchev–Trinajstić information content (AvgIpc) is 2.35. The fourth-order valence-corrected chi connectivity index (χ4v) is 1.04. The average molecular weight is 247 g/mol. The molecule has 2 N–H and O–H groups in total. The van der Waals surface area contributed by atoms with Crippen molar-refractivity contribution in [3.05, 3.63) is 23.9 Å². The topological polar surface area (TPSA) is 101 Å². The molecule has 1 aromatic heterocycles. The lowest BCUT2D eigenvalue weighted by atomic mass is 10.2. The summed E-state index contributed by atoms with van der Waals surface area (Å²) in [4.78, 5) is 29.7. The van der Waals surface area contributed by atoms with Crippen LogP contribution >= 0.6 is 0 Å². The maximum absolute atomic E-state index is 11.0. The zero-order valence-electron chi connectivity index (χ0n) is 9.16. The van der Waals surface area contributed by atoms with Crippen LogP contribution in [0.1, 0.15) is 5.69 Å². The predicted molar refractivity (Wildman–Crippen MR) is 62.9 cm³/mol. The van der Waals surface area contributed by atoms with E-state index in [0.29, 0.717) is 6.41 Å². The van der Waals surface area contributed by atoms with Gasteiger partial charge in [-0.05, 0) is 12.1 Å². The number of hydrogen-bond acceptors (Lipinski definition) is 5. The Morgan fingerprint density at radius 1 is 1.67 bits per heavy atom. The van der Waals surface area contributed by atoms with Crippen molar-refractivity contribution in [3.63, 3.8) is 0 Å². The molecule has 0 aromatic carbocycles. The van der Waals surface area contributed by atoms with E-state index in [1.165, 1.54) is 18.2 Å². The summed E-state index contributed by atoms with van der Waals surface area (Å²) in [5.74, 6) is 1.03. The van der Waals surface area contributed by atoms with E-state index in [9.17, 15) is 9.59 Å². The molecule has 0 fully saturated rings. The number of carboxylic acids is 1. The molecule has 0 aliphatic heterocycles. The molecule has 1 heterocycles. The lowest BCUT2D eigenvalue weighted by molar-refractivity contribution is -0.129. The Morgan fingerprint density at radius 3 is 3.06 bits per heavy atom. The highest BCUT2D eigenvalue weighted by Gasteiger charge is 2.15. The van der Waals surface area contributed by atoms with E-state index in [2.05, 4.69) is 26.2 Å². The lowest BCUT2D eigenvalue weighted by Gasteiger charge is -2.03. The van der Waals surface area contributed by atoms with Crippen LogP contribution in [0.25, 0.3) is 0 Å². The van der Waals surface area contributed by atoms with Gasteiger partial charge in [-0.25, -0.2) is 9.78 Å². The fourth-order valence-electron chi connectivity index (χ4n) is 1.04. The van der Waals surface area contributed by atoms with Crippen LogP contribution in [-0.2, 0) is 14.4 Å². The van der Waals surface area contributed by atoms with E-state index in [-0.39, 0.29) is 18.1 Å². The van der Waals surface area contributed by atoms with Crippen molar-refractivity contribution in [2.75, 3.05) is 11.9 Å². The molecular formula is C11H9N3O4. The number of carboxylic acid groups (broad SMARTS) is 1. The number of carbonyl (C=O) groups excluding carboxylic acids is 1. The van der Waals surface area contributed by atoms with E-state index < -0.39 is 11.7 Å². The molecule has 0 unspecified atom stereocenters. The van der Waals surface area contributed by atoms with Crippen molar-refractivity contribution >= 4 is 23.9 Å². The van der Waals surface area contributed by atoms with E-state index in [1.54, 1.807) is 0 Å². The molecule has 0 aliphatic carbocycles. The van der Waals surface area contributed by atoms with Crippen molar-refractivity contribution in [1.29, 1.82) is 0 Å². The molecule has 0 bridgehead atoms. The minimum atomic E-state index is -1.32. The van der Waals surface area contributed by atoms with Gasteiger partial charge in [-0.3, -0.25) is 4.79 Å². The van der Waals surface area contributed by atoms with Gasteiger partial charge in [0, 0.05) is 0 Å². The van der Waals surface area contributed by atoms with Crippen molar-refractivity contribution in [2.45, 2.75) is 0 Å². The second-order valence-corrected chi connectivity index (χ2v) is 2.89. The van der Waals surface area contributed by atoms with Gasteiger partial charge in [0.05, 0.1) is 0 Å². The number of pyridine rings is 1. The molecule has 1 aromatic rings. The molecule has 0 saturated heterocycles. The van der Waals surface area contributed by atoms with Gasteiger partial charge in [0.25, 0.3) is 0 Å². The summed E-state index contributed by atoms with van der Waals surface area (Å²) in [6, 6.07) is 4.44. The SMILES string of the molecule is C#CCO/N=C(\C(=O)O)c1cccc(NC=O)n1. The number of anilines is 1. The van der Waals surface area contributed by atoms with Crippen molar-refractivity contribution in [2.24, 2.45) is 5.16 Å². The largest absolute Gasteiger partial charge is 0.476 e. The number of aliphatic carboxylic acids is 1. The van der Waals surface area contributed by atoms with E-state index in [0.717, 1.165) is 0 Å². The van der Waals surface area contributed by atoms with Gasteiger partial charge < -0.3 is 15.3 Å². The van der Waals surface area contributed by atoms with Crippen LogP contribution in [0.3, 0.4) is 0 Å². The van der Waals surface area contributed by atoms with Crippen molar-refractivity contribution in [1.82, 2.24) is 4.98 Å². The van der Waals surface area contributed by atoms with Crippen LogP contribution in [-0.4, -0.2) is 34.8 Å². The highest BCUT2D eigenvalue weighted by atomic mass is 16.6. The first-order chi connectivity index (χ1) is 8.69. The van der Waals surface area contributed by atoms with Crippen LogP contribution < -0.4 is 5.32 Å². The Balaban J connectivity index is 3.02. The number of terminal acetylenes is 1. The maximum Gasteiger partial charge on any atom is 0.360 e. The number of rotatable bonds is 6. The van der Waals surface area contributed by atoms with E-state index in [4.69, 9.17) is 11.5 Å². The number of amides is 1. The number of nitrogens with one attached hydrogen (secondary N) is 1. The molecule has 92 valence electrons. The third-order valence-corrected chi connectivity index (χ3v) is 1.70. The molecule has 18 heavy (non-hydrogen) atoms. The van der Waals surface area contributed by atoms with Crippen LogP contribution in [0.2, 0.25) is 0 Å². The van der Waals surface area contributed by atoms with Gasteiger partial charge in [-0.1, -0.05) is 17.1 Å². The quantitative estimate of drug-likeness (QED) is 0.244. The molecule has 0 saturated carbocycles. The lowest BCUT2D eigenvalue weighted by Crippen LogP contribution is -2.17. The Kier molecular flexibility index (Phi) is 4.87. The fraction of sp³-hybridized carbons (Fsp3) is 0.0909. The number of oxime groups is 1. The zero-order chi connectivity index (χ0) is 13.4. The van der Waals surface area contributed by atoms with Crippen molar-refractivity contribution < 1.29 is 19.5 Å². The summed E-state index contributed by atoms with van der Waals surface area (Å²) in [6.07, 6.45) is 5.37. The summed E-state index contributed by atoms with van der Waals surface area (Å²) in [5.41, 5.74) is -0.355. The van der Waals surface area contributed by atoms with E-state index >= 15 is 0 Å². The number of nitrogens with zero attached hydrogens (tertiary/aromatic N) is 2. The van der Waals surface area contributed by atoms with Crippen LogP contribution in [0.15, 0.2) is 23.4 Å². The molecule has 0 spiro atoms. The zero-order valence-corrected chi connectivity index (χ0v) is 9.16. The Hall–Kier alpha value is -2.88. The third kappa shape index (κ3) is 3.61. The number of hydrogen-bond donors (Lipinski definition) is 2. The Labute approximate surface area is 102 Å². The van der Waals surface area contributed by atoms with Gasteiger partial charge in [0.1, 0.15) is 11.5 Å². The molecule has 7 nitrogen and oxygen atoms in total. The van der Waals surface area contributed by atoms with Crippen LogP contribution in [0, 0.1) is 12.3 Å². The van der Waals surface area contributed by atoms with Crippen LogP contribution in [0.4, 0.5) is 5.82 Å². The minimum Gasteiger partial charge on any atom is -0.476 e. The van der Waals surface area contributed by atoms with Crippen LogP contribution in [0.5, 0.6) is 0 Å². The third-order valence-electron chi connectivity index (χ3n) is 1.70. The second-order valence-electron chi connectivity index (χ2n) is 2.89.